The number of hydrogen-bond acceptors (Lipinski definition) is 1. The topological polar surface area (TPSA) is 21.9 Å². The first-order valence-electron chi connectivity index (χ1n) is 3.32. The smallest absolute Gasteiger partial charge is 0.0284 e. The fraction of sp³-hybridized carbons (Fsp3) is 1.00. The number of nitrogens with one attached hydrogen (secondary N) is 1. The van der Waals surface area contributed by atoms with E-state index in [1.165, 1.54) is 0 Å². The van der Waals surface area contributed by atoms with Crippen molar-refractivity contribution >= 4 is 0 Å². The second-order valence-electron chi connectivity index (χ2n) is 3.59. The van der Waals surface area contributed by atoms with Crippen molar-refractivity contribution in [1.82, 2.24) is 5.32 Å². The summed E-state index contributed by atoms with van der Waals surface area (Å²) in [7, 11) is 0. The van der Waals surface area contributed by atoms with E-state index in [4.69, 9.17) is 0 Å². The second-order valence-corrected chi connectivity index (χ2v) is 3.59. The molecule has 1 saturated heterocycles. The molecule has 0 radical (unpaired) electrons. The van der Waals surface area contributed by atoms with Crippen molar-refractivity contribution in [3.63, 3.8) is 0 Å². The molecular weight excluding hydrogens is 98.1 g/mol. The first-order chi connectivity index (χ1) is 3.54. The van der Waals surface area contributed by atoms with Crippen LogP contribution in [0.15, 0.2) is 0 Å². The van der Waals surface area contributed by atoms with Crippen molar-refractivity contribution in [2.24, 2.45) is 5.92 Å². The lowest BCUT2D eigenvalue weighted by molar-refractivity contribution is 0.583. The van der Waals surface area contributed by atoms with Gasteiger partial charge in [0.1, 0.15) is 0 Å². The monoisotopic (exact) mass is 113 g/mol. The van der Waals surface area contributed by atoms with E-state index in [0.717, 1.165) is 12.0 Å². The summed E-state index contributed by atoms with van der Waals surface area (Å²) in [5.74, 6) is 0.796. The van der Waals surface area contributed by atoms with E-state index >= 15 is 0 Å². The molecule has 1 nitrogen and oxygen atoms in total. The molecule has 0 saturated carbocycles. The van der Waals surface area contributed by atoms with Crippen LogP contribution < -0.4 is 5.32 Å². The molecule has 0 aromatic rings. The summed E-state index contributed by atoms with van der Waals surface area (Å²) in [6.45, 7) is 9.01. The number of hydrogen-bond donors (Lipinski definition) is 1. The van der Waals surface area contributed by atoms with Gasteiger partial charge in [0.15, 0.2) is 0 Å². The van der Waals surface area contributed by atoms with Crippen LogP contribution in [0.25, 0.3) is 0 Å². The highest BCUT2D eigenvalue weighted by Crippen LogP contribution is 2.30. The molecule has 0 bridgehead atoms. The van der Waals surface area contributed by atoms with Crippen molar-refractivity contribution in [3.8, 4) is 0 Å². The van der Waals surface area contributed by atoms with Crippen LogP contribution in [0.2, 0.25) is 0 Å². The summed E-state index contributed by atoms with van der Waals surface area (Å²) in [6, 6.07) is 0.766. The molecule has 1 heterocycles. The zero-order valence-corrected chi connectivity index (χ0v) is 6.15. The fourth-order valence-corrected chi connectivity index (χ4v) is 1.36. The lowest BCUT2D eigenvalue weighted by atomic mass is 10.0. The maximum atomic E-state index is 3.41. The van der Waals surface area contributed by atoms with Gasteiger partial charge in [-0.1, -0.05) is 13.8 Å². The van der Waals surface area contributed by atoms with E-state index in [2.05, 4.69) is 33.0 Å². The van der Waals surface area contributed by atoms with Gasteiger partial charge in [-0.15, -0.1) is 0 Å². The van der Waals surface area contributed by atoms with E-state index in [9.17, 15) is 0 Å². The highest BCUT2D eigenvalue weighted by atomic mass is 15.2. The Balaban J connectivity index is 2.37. The highest BCUT2D eigenvalue weighted by Gasteiger charge is 2.46. The van der Waals surface area contributed by atoms with Crippen LogP contribution in [-0.4, -0.2) is 11.6 Å². The van der Waals surface area contributed by atoms with Crippen LogP contribution in [0.5, 0.6) is 0 Å². The molecule has 1 heteroatoms. The van der Waals surface area contributed by atoms with Gasteiger partial charge in [0.2, 0.25) is 0 Å². The van der Waals surface area contributed by atoms with Gasteiger partial charge in [0.05, 0.1) is 0 Å². The summed E-state index contributed by atoms with van der Waals surface area (Å²) < 4.78 is 0. The van der Waals surface area contributed by atoms with Gasteiger partial charge < -0.3 is 5.32 Å². The molecule has 1 unspecified atom stereocenters. The Morgan fingerprint density at radius 2 is 1.75 bits per heavy atom. The molecule has 1 aliphatic heterocycles. The van der Waals surface area contributed by atoms with Gasteiger partial charge in [0, 0.05) is 11.6 Å². The van der Waals surface area contributed by atoms with E-state index in [1.807, 2.05) is 0 Å². The van der Waals surface area contributed by atoms with Crippen LogP contribution in [0.4, 0.5) is 0 Å². The molecule has 0 aliphatic carbocycles. The molecule has 0 spiro atoms. The lowest BCUT2D eigenvalue weighted by Crippen LogP contribution is -2.08. The van der Waals surface area contributed by atoms with Crippen molar-refractivity contribution < 1.29 is 0 Å². The third-order valence-electron chi connectivity index (χ3n) is 1.89. The van der Waals surface area contributed by atoms with E-state index in [1.54, 1.807) is 0 Å². The Bertz CT molecular complexity index is 94.6. The minimum atomic E-state index is 0.439. The van der Waals surface area contributed by atoms with Crippen molar-refractivity contribution in [3.05, 3.63) is 0 Å². The molecular formula is C7H15N. The Kier molecular flexibility index (Phi) is 1.12. The largest absolute Gasteiger partial charge is 0.305 e. The quantitative estimate of drug-likeness (QED) is 0.510. The summed E-state index contributed by atoms with van der Waals surface area (Å²) in [5, 5.41) is 3.41. The van der Waals surface area contributed by atoms with Gasteiger partial charge >= 0.3 is 0 Å². The lowest BCUT2D eigenvalue weighted by Gasteiger charge is -2.01. The van der Waals surface area contributed by atoms with Crippen molar-refractivity contribution in [2.75, 3.05) is 0 Å². The Morgan fingerprint density at radius 3 is 1.75 bits per heavy atom. The fourth-order valence-electron chi connectivity index (χ4n) is 1.36. The molecule has 0 aromatic heterocycles. The Labute approximate surface area is 51.5 Å². The third kappa shape index (κ3) is 0.873. The molecule has 48 valence electrons. The predicted octanol–water partition coefficient (Wildman–Crippen LogP) is 1.39. The van der Waals surface area contributed by atoms with E-state index in [0.29, 0.717) is 5.54 Å². The summed E-state index contributed by atoms with van der Waals surface area (Å²) in [6.07, 6.45) is 0. The predicted molar refractivity (Wildman–Crippen MR) is 35.8 cm³/mol. The molecule has 1 fully saturated rings. The van der Waals surface area contributed by atoms with Gasteiger partial charge in [0.25, 0.3) is 0 Å². The molecule has 1 N–H and O–H groups in total. The summed E-state index contributed by atoms with van der Waals surface area (Å²) >= 11 is 0. The minimum absolute atomic E-state index is 0.439. The van der Waals surface area contributed by atoms with E-state index in [-0.39, 0.29) is 0 Å². The third-order valence-corrected chi connectivity index (χ3v) is 1.89. The molecule has 1 rings (SSSR count). The van der Waals surface area contributed by atoms with Crippen LogP contribution in [-0.2, 0) is 0 Å². The van der Waals surface area contributed by atoms with E-state index < -0.39 is 0 Å². The molecule has 1 atom stereocenters. The van der Waals surface area contributed by atoms with Gasteiger partial charge in [-0.3, -0.25) is 0 Å². The standard InChI is InChI=1S/C7H15N/c1-5(2)6-7(3,4)8-6/h5-6,8H,1-4H3. The van der Waals surface area contributed by atoms with Gasteiger partial charge in [-0.2, -0.15) is 0 Å². The minimum Gasteiger partial charge on any atom is -0.305 e. The Morgan fingerprint density at radius 1 is 1.38 bits per heavy atom. The first-order valence-corrected chi connectivity index (χ1v) is 3.32. The normalized spacial score (nSPS) is 33.4. The second kappa shape index (κ2) is 1.47. The van der Waals surface area contributed by atoms with Crippen LogP contribution >= 0.6 is 0 Å². The highest BCUT2D eigenvalue weighted by molar-refractivity contribution is 5.08. The average molecular weight is 113 g/mol. The van der Waals surface area contributed by atoms with Crippen molar-refractivity contribution in [1.29, 1.82) is 0 Å². The summed E-state index contributed by atoms with van der Waals surface area (Å²) in [4.78, 5) is 0. The van der Waals surface area contributed by atoms with Crippen LogP contribution in [0.1, 0.15) is 27.7 Å². The zero-order valence-electron chi connectivity index (χ0n) is 6.15. The maximum Gasteiger partial charge on any atom is 0.0284 e. The number of rotatable bonds is 1. The molecule has 8 heavy (non-hydrogen) atoms. The zero-order chi connectivity index (χ0) is 6.36. The average Bonchev–Trinajstić information content (AvgIpc) is 2.13. The first kappa shape index (κ1) is 6.09. The maximum absolute atomic E-state index is 3.41. The van der Waals surface area contributed by atoms with Crippen LogP contribution in [0.3, 0.4) is 0 Å². The van der Waals surface area contributed by atoms with Crippen LogP contribution in [0, 0.1) is 5.92 Å². The van der Waals surface area contributed by atoms with Gasteiger partial charge in [-0.25, -0.2) is 0 Å². The Hall–Kier alpha value is -0.0400. The molecule has 0 aromatic carbocycles. The molecule has 0 amide bonds. The van der Waals surface area contributed by atoms with Crippen molar-refractivity contribution in [2.45, 2.75) is 39.3 Å². The SMILES string of the molecule is CC(C)C1NC1(C)C. The van der Waals surface area contributed by atoms with Gasteiger partial charge in [-0.05, 0) is 19.8 Å². The summed E-state index contributed by atoms with van der Waals surface area (Å²) in [5.41, 5.74) is 0.439. The molecule has 1 aliphatic rings.